The van der Waals surface area contributed by atoms with Gasteiger partial charge in [0, 0.05) is 16.9 Å². The summed E-state index contributed by atoms with van der Waals surface area (Å²) in [7, 11) is 0. The third-order valence-corrected chi connectivity index (χ3v) is 3.82. The van der Waals surface area contributed by atoms with Crippen LogP contribution in [0.3, 0.4) is 0 Å². The van der Waals surface area contributed by atoms with Crippen molar-refractivity contribution < 1.29 is 4.74 Å². The lowest BCUT2D eigenvalue weighted by atomic mass is 10.1. The van der Waals surface area contributed by atoms with E-state index in [1.807, 2.05) is 66.2 Å². The van der Waals surface area contributed by atoms with E-state index in [0.29, 0.717) is 16.4 Å². The van der Waals surface area contributed by atoms with Gasteiger partial charge < -0.3 is 9.72 Å². The van der Waals surface area contributed by atoms with Crippen molar-refractivity contribution in [3.63, 3.8) is 0 Å². The number of imidazole rings is 1. The van der Waals surface area contributed by atoms with Crippen molar-refractivity contribution in [2.24, 2.45) is 0 Å². The number of ether oxygens (including phenoxy) is 1. The molecule has 0 aliphatic carbocycles. The zero-order valence-electron chi connectivity index (χ0n) is 12.0. The van der Waals surface area contributed by atoms with Crippen LogP contribution in [0.15, 0.2) is 54.7 Å². The number of rotatable bonds is 4. The predicted octanol–water partition coefficient (Wildman–Crippen LogP) is 5.25. The Labute approximate surface area is 139 Å². The number of H-pyrrole nitrogens is 1. The molecule has 0 saturated carbocycles. The molecule has 5 heteroatoms. The van der Waals surface area contributed by atoms with Crippen molar-refractivity contribution in [3.8, 4) is 22.7 Å². The van der Waals surface area contributed by atoms with E-state index in [0.717, 1.165) is 22.7 Å². The van der Waals surface area contributed by atoms with Crippen LogP contribution in [-0.4, -0.2) is 16.2 Å². The van der Waals surface area contributed by atoms with E-state index in [4.69, 9.17) is 28.6 Å². The van der Waals surface area contributed by atoms with Crippen LogP contribution >= 0.6 is 23.8 Å². The van der Waals surface area contributed by atoms with E-state index in [2.05, 4.69) is 4.98 Å². The van der Waals surface area contributed by atoms with Crippen LogP contribution in [0.1, 0.15) is 6.92 Å². The van der Waals surface area contributed by atoms with Crippen LogP contribution in [0.2, 0.25) is 5.02 Å². The van der Waals surface area contributed by atoms with Crippen molar-refractivity contribution in [1.29, 1.82) is 0 Å². The summed E-state index contributed by atoms with van der Waals surface area (Å²) >= 11 is 11.5. The normalized spacial score (nSPS) is 10.6. The number of nitrogens with zero attached hydrogens (tertiary/aromatic N) is 1. The Hall–Kier alpha value is -2.04. The molecule has 1 N–H and O–H groups in total. The Morgan fingerprint density at radius 2 is 1.95 bits per heavy atom. The van der Waals surface area contributed by atoms with Crippen LogP contribution in [-0.2, 0) is 0 Å². The second-order valence-electron chi connectivity index (χ2n) is 4.78. The molecule has 2 aromatic carbocycles. The average Bonchev–Trinajstić information content (AvgIpc) is 2.90. The summed E-state index contributed by atoms with van der Waals surface area (Å²) in [6, 6.07) is 15.5. The molecule has 0 unspecified atom stereocenters. The van der Waals surface area contributed by atoms with Gasteiger partial charge in [-0.1, -0.05) is 17.7 Å². The number of hydrogen-bond acceptors (Lipinski definition) is 2. The van der Waals surface area contributed by atoms with Crippen molar-refractivity contribution in [2.75, 3.05) is 6.61 Å². The molecular formula is C17H15ClN2OS. The summed E-state index contributed by atoms with van der Waals surface area (Å²) in [4.78, 5) is 3.22. The first-order valence-electron chi connectivity index (χ1n) is 6.98. The first-order valence-corrected chi connectivity index (χ1v) is 7.77. The molecule has 3 nitrogen and oxygen atoms in total. The average molecular weight is 331 g/mol. The molecule has 22 heavy (non-hydrogen) atoms. The Kier molecular flexibility index (Phi) is 4.32. The monoisotopic (exact) mass is 330 g/mol. The lowest BCUT2D eigenvalue weighted by Crippen LogP contribution is -1.91. The minimum atomic E-state index is 0.631. The zero-order valence-corrected chi connectivity index (χ0v) is 13.6. The van der Waals surface area contributed by atoms with Crippen molar-refractivity contribution >= 4 is 23.8 Å². The van der Waals surface area contributed by atoms with Gasteiger partial charge in [-0.3, -0.25) is 4.57 Å². The van der Waals surface area contributed by atoms with Gasteiger partial charge >= 0.3 is 0 Å². The molecule has 3 aromatic rings. The van der Waals surface area contributed by atoms with Crippen LogP contribution in [0.5, 0.6) is 5.75 Å². The van der Waals surface area contributed by atoms with Gasteiger partial charge in [0.15, 0.2) is 4.77 Å². The highest BCUT2D eigenvalue weighted by Gasteiger charge is 2.06. The molecule has 0 aliphatic rings. The predicted molar refractivity (Wildman–Crippen MR) is 92.6 cm³/mol. The van der Waals surface area contributed by atoms with Crippen LogP contribution < -0.4 is 4.74 Å². The molecule has 3 rings (SSSR count). The van der Waals surface area contributed by atoms with E-state index in [-0.39, 0.29) is 0 Å². The number of aromatic amines is 1. The number of nitrogens with one attached hydrogen (secondary N) is 1. The molecule has 0 amide bonds. The van der Waals surface area contributed by atoms with Gasteiger partial charge in [-0.05, 0) is 67.2 Å². The van der Waals surface area contributed by atoms with Crippen LogP contribution in [0.25, 0.3) is 16.9 Å². The maximum Gasteiger partial charge on any atom is 0.182 e. The summed E-state index contributed by atoms with van der Waals surface area (Å²) in [6.45, 7) is 2.63. The third-order valence-electron chi connectivity index (χ3n) is 3.28. The number of hydrogen-bond donors (Lipinski definition) is 1. The van der Waals surface area contributed by atoms with Gasteiger partial charge in [0.25, 0.3) is 0 Å². The smallest absolute Gasteiger partial charge is 0.182 e. The molecule has 0 fully saturated rings. The van der Waals surface area contributed by atoms with E-state index >= 15 is 0 Å². The van der Waals surface area contributed by atoms with E-state index in [1.54, 1.807) is 0 Å². The number of benzene rings is 2. The van der Waals surface area contributed by atoms with E-state index in [1.165, 1.54) is 0 Å². The summed E-state index contributed by atoms with van der Waals surface area (Å²) in [5.74, 6) is 0.860. The van der Waals surface area contributed by atoms with Gasteiger partial charge in [-0.15, -0.1) is 0 Å². The fourth-order valence-corrected chi connectivity index (χ4v) is 2.71. The van der Waals surface area contributed by atoms with Crippen molar-refractivity contribution in [2.45, 2.75) is 6.92 Å². The Balaban J connectivity index is 1.97. The molecule has 0 atom stereocenters. The molecular weight excluding hydrogens is 316 g/mol. The second-order valence-corrected chi connectivity index (χ2v) is 5.60. The second kappa shape index (κ2) is 6.38. The molecule has 1 aromatic heterocycles. The van der Waals surface area contributed by atoms with Crippen LogP contribution in [0.4, 0.5) is 0 Å². The molecule has 0 spiro atoms. The van der Waals surface area contributed by atoms with Gasteiger partial charge in [0.05, 0.1) is 12.3 Å². The maximum atomic E-state index is 6.05. The van der Waals surface area contributed by atoms with Crippen molar-refractivity contribution in [3.05, 3.63) is 64.5 Å². The number of aromatic nitrogens is 2. The van der Waals surface area contributed by atoms with Gasteiger partial charge in [0.1, 0.15) is 5.75 Å². The van der Waals surface area contributed by atoms with Crippen molar-refractivity contribution in [1.82, 2.24) is 9.55 Å². The van der Waals surface area contributed by atoms with E-state index in [9.17, 15) is 0 Å². The fraction of sp³-hybridized carbons (Fsp3) is 0.118. The summed E-state index contributed by atoms with van der Waals surface area (Å²) in [5, 5.41) is 0.684. The highest BCUT2D eigenvalue weighted by molar-refractivity contribution is 7.71. The highest BCUT2D eigenvalue weighted by atomic mass is 35.5. The molecule has 0 aliphatic heterocycles. The maximum absolute atomic E-state index is 6.05. The topological polar surface area (TPSA) is 29.9 Å². The molecule has 1 heterocycles. The minimum absolute atomic E-state index is 0.631. The first kappa shape index (κ1) is 14.9. The Morgan fingerprint density at radius 1 is 1.18 bits per heavy atom. The standard InChI is InChI=1S/C17H15ClN2OS/c1-2-21-15-8-6-12(7-9-15)16-11-20(17(22)19-16)14-5-3-4-13(18)10-14/h3-11H,2H2,1H3,(H,19,22). The van der Waals surface area contributed by atoms with E-state index < -0.39 is 0 Å². The van der Waals surface area contributed by atoms with Gasteiger partial charge in [0.2, 0.25) is 0 Å². The van der Waals surface area contributed by atoms with Crippen LogP contribution in [0, 0.1) is 4.77 Å². The lowest BCUT2D eigenvalue weighted by molar-refractivity contribution is 0.340. The Bertz CT molecular complexity index is 836. The zero-order chi connectivity index (χ0) is 15.5. The molecule has 0 bridgehead atoms. The summed E-state index contributed by atoms with van der Waals surface area (Å²) < 4.78 is 8.00. The minimum Gasteiger partial charge on any atom is -0.494 e. The molecule has 112 valence electrons. The highest BCUT2D eigenvalue weighted by Crippen LogP contribution is 2.23. The fourth-order valence-electron chi connectivity index (χ4n) is 2.26. The lowest BCUT2D eigenvalue weighted by Gasteiger charge is -2.04. The molecule has 0 saturated heterocycles. The third kappa shape index (κ3) is 3.08. The van der Waals surface area contributed by atoms with Gasteiger partial charge in [-0.2, -0.15) is 0 Å². The summed E-state index contributed by atoms with van der Waals surface area (Å²) in [5.41, 5.74) is 2.94. The largest absolute Gasteiger partial charge is 0.494 e. The van der Waals surface area contributed by atoms with Gasteiger partial charge in [-0.25, -0.2) is 0 Å². The number of halogens is 1. The quantitative estimate of drug-likeness (QED) is 0.662. The summed E-state index contributed by atoms with van der Waals surface area (Å²) in [6.07, 6.45) is 1.98. The SMILES string of the molecule is CCOc1ccc(-c2cn(-c3cccc(Cl)c3)c(=S)[nH]2)cc1. The first-order chi connectivity index (χ1) is 10.7. The molecule has 0 radical (unpaired) electrons. The Morgan fingerprint density at radius 3 is 2.64 bits per heavy atom.